The van der Waals surface area contributed by atoms with Gasteiger partial charge in [-0.15, -0.1) is 0 Å². The second-order valence-corrected chi connectivity index (χ2v) is 7.65. The molecule has 124 valence electrons. The third kappa shape index (κ3) is 4.81. The lowest BCUT2D eigenvalue weighted by Gasteiger charge is -2.11. The fourth-order valence-corrected chi connectivity index (χ4v) is 3.39. The summed E-state index contributed by atoms with van der Waals surface area (Å²) in [6, 6.07) is 14.4. The quantitative estimate of drug-likeness (QED) is 0.845. The molecule has 0 unspecified atom stereocenters. The number of ether oxygens (including phenoxy) is 1. The molecule has 2 aromatic carbocycles. The first kappa shape index (κ1) is 17.5. The van der Waals surface area contributed by atoms with E-state index in [-0.39, 0.29) is 11.4 Å². The maximum atomic E-state index is 12.4. The Hall–Kier alpha value is -1.85. The van der Waals surface area contributed by atoms with E-state index < -0.39 is 10.0 Å². The topological polar surface area (TPSA) is 55.4 Å². The molecule has 0 heterocycles. The molecule has 5 heteroatoms. The van der Waals surface area contributed by atoms with E-state index in [1.807, 2.05) is 36.4 Å². The maximum Gasteiger partial charge on any atom is 0.240 e. The molecule has 0 saturated carbocycles. The van der Waals surface area contributed by atoms with Gasteiger partial charge in [-0.2, -0.15) is 0 Å². The summed E-state index contributed by atoms with van der Waals surface area (Å²) in [7, 11) is -1.96. The van der Waals surface area contributed by atoms with Crippen LogP contribution in [0.2, 0.25) is 0 Å². The van der Waals surface area contributed by atoms with Crippen LogP contribution < -0.4 is 9.46 Å². The molecule has 4 nitrogen and oxygen atoms in total. The van der Waals surface area contributed by atoms with E-state index in [0.717, 1.165) is 17.5 Å². The van der Waals surface area contributed by atoms with E-state index >= 15 is 0 Å². The highest BCUT2D eigenvalue weighted by molar-refractivity contribution is 7.89. The fraction of sp³-hybridized carbons (Fsp3) is 0.333. The molecule has 0 aliphatic rings. The minimum absolute atomic E-state index is 0.195. The van der Waals surface area contributed by atoms with Crippen LogP contribution in [0.3, 0.4) is 0 Å². The van der Waals surface area contributed by atoms with Crippen LogP contribution in [-0.4, -0.2) is 15.5 Å². The van der Waals surface area contributed by atoms with Gasteiger partial charge in [-0.1, -0.05) is 44.2 Å². The molecule has 1 N–H and O–H groups in total. The average Bonchev–Trinajstić information content (AvgIpc) is 2.53. The number of sulfonamides is 1. The Morgan fingerprint density at radius 3 is 2.30 bits per heavy atom. The molecule has 0 atom stereocenters. The van der Waals surface area contributed by atoms with Crippen molar-refractivity contribution in [1.82, 2.24) is 4.72 Å². The van der Waals surface area contributed by atoms with Crippen molar-refractivity contribution in [1.29, 1.82) is 0 Å². The van der Waals surface area contributed by atoms with Crippen LogP contribution in [-0.2, 0) is 23.0 Å². The molecule has 0 fully saturated rings. The van der Waals surface area contributed by atoms with Gasteiger partial charge in [0.25, 0.3) is 0 Å². The summed E-state index contributed by atoms with van der Waals surface area (Å²) in [6.07, 6.45) is 0.939. The number of benzene rings is 2. The fourth-order valence-electron chi connectivity index (χ4n) is 2.38. The minimum atomic E-state index is -3.53. The van der Waals surface area contributed by atoms with Gasteiger partial charge in [0, 0.05) is 12.1 Å². The van der Waals surface area contributed by atoms with E-state index in [2.05, 4.69) is 18.6 Å². The first-order chi connectivity index (χ1) is 10.9. The SMILES string of the molecule is COc1ccccc1CNS(=O)(=O)c1ccc(CC(C)C)cc1. The summed E-state index contributed by atoms with van der Waals surface area (Å²) >= 11 is 0. The molecule has 2 aromatic rings. The molecule has 0 bridgehead atoms. The largest absolute Gasteiger partial charge is 0.496 e. The molecule has 0 aliphatic heterocycles. The highest BCUT2D eigenvalue weighted by atomic mass is 32.2. The lowest BCUT2D eigenvalue weighted by atomic mass is 10.0. The van der Waals surface area contributed by atoms with Crippen molar-refractivity contribution < 1.29 is 13.2 Å². The summed E-state index contributed by atoms with van der Waals surface area (Å²) < 4.78 is 32.6. The summed E-state index contributed by atoms with van der Waals surface area (Å²) in [5, 5.41) is 0. The monoisotopic (exact) mass is 333 g/mol. The Kier molecular flexibility index (Phi) is 5.80. The number of rotatable bonds is 7. The first-order valence-corrected chi connectivity index (χ1v) is 9.11. The highest BCUT2D eigenvalue weighted by Crippen LogP contribution is 2.18. The van der Waals surface area contributed by atoms with Crippen molar-refractivity contribution in [2.75, 3.05) is 7.11 Å². The van der Waals surface area contributed by atoms with Crippen molar-refractivity contribution >= 4 is 10.0 Å². The third-order valence-corrected chi connectivity index (χ3v) is 4.94. The van der Waals surface area contributed by atoms with Crippen LogP contribution in [0.5, 0.6) is 5.75 Å². The van der Waals surface area contributed by atoms with Crippen LogP contribution >= 0.6 is 0 Å². The van der Waals surface area contributed by atoms with Crippen LogP contribution in [0.15, 0.2) is 53.4 Å². The Balaban J connectivity index is 2.09. The van der Waals surface area contributed by atoms with Gasteiger partial charge in [-0.05, 0) is 36.1 Å². The Labute approximate surface area is 138 Å². The van der Waals surface area contributed by atoms with E-state index in [1.165, 1.54) is 0 Å². The molecule has 0 aliphatic carbocycles. The summed E-state index contributed by atoms with van der Waals surface area (Å²) in [5.41, 5.74) is 1.94. The molecular weight excluding hydrogens is 310 g/mol. The van der Waals surface area contributed by atoms with Crippen molar-refractivity contribution in [3.63, 3.8) is 0 Å². The van der Waals surface area contributed by atoms with E-state index in [0.29, 0.717) is 11.7 Å². The average molecular weight is 333 g/mol. The van der Waals surface area contributed by atoms with E-state index in [4.69, 9.17) is 4.74 Å². The van der Waals surface area contributed by atoms with Gasteiger partial charge in [-0.25, -0.2) is 13.1 Å². The molecule has 0 amide bonds. The van der Waals surface area contributed by atoms with E-state index in [9.17, 15) is 8.42 Å². The zero-order valence-electron chi connectivity index (χ0n) is 13.7. The second-order valence-electron chi connectivity index (χ2n) is 5.88. The number of hydrogen-bond acceptors (Lipinski definition) is 3. The predicted molar refractivity (Wildman–Crippen MR) is 92.0 cm³/mol. The third-order valence-electron chi connectivity index (χ3n) is 3.52. The Bertz CT molecular complexity index is 737. The van der Waals surface area contributed by atoms with Crippen LogP contribution in [0.1, 0.15) is 25.0 Å². The van der Waals surface area contributed by atoms with Gasteiger partial charge < -0.3 is 4.74 Å². The molecule has 2 rings (SSSR count). The zero-order valence-corrected chi connectivity index (χ0v) is 14.6. The van der Waals surface area contributed by atoms with Crippen molar-refractivity contribution in [2.24, 2.45) is 5.92 Å². The number of nitrogens with one attached hydrogen (secondary N) is 1. The van der Waals surface area contributed by atoms with Gasteiger partial charge >= 0.3 is 0 Å². The van der Waals surface area contributed by atoms with Gasteiger partial charge in [0.2, 0.25) is 10.0 Å². The molecule has 23 heavy (non-hydrogen) atoms. The first-order valence-electron chi connectivity index (χ1n) is 7.63. The van der Waals surface area contributed by atoms with Gasteiger partial charge in [0.1, 0.15) is 5.75 Å². The maximum absolute atomic E-state index is 12.4. The van der Waals surface area contributed by atoms with Crippen molar-refractivity contribution in [3.05, 3.63) is 59.7 Å². The standard InChI is InChI=1S/C18H23NO3S/c1-14(2)12-15-8-10-17(11-9-15)23(20,21)19-13-16-6-4-5-7-18(16)22-3/h4-11,14,19H,12-13H2,1-3H3. The molecule has 0 aromatic heterocycles. The van der Waals surface area contributed by atoms with Gasteiger partial charge in [0.15, 0.2) is 0 Å². The zero-order chi connectivity index (χ0) is 16.9. The van der Waals surface area contributed by atoms with E-state index in [1.54, 1.807) is 19.2 Å². The molecular formula is C18H23NO3S. The molecule has 0 radical (unpaired) electrons. The van der Waals surface area contributed by atoms with Gasteiger partial charge in [-0.3, -0.25) is 0 Å². The lowest BCUT2D eigenvalue weighted by molar-refractivity contribution is 0.409. The predicted octanol–water partition coefficient (Wildman–Crippen LogP) is 3.37. The van der Waals surface area contributed by atoms with Crippen molar-refractivity contribution in [3.8, 4) is 5.75 Å². The summed E-state index contributed by atoms with van der Waals surface area (Å²) in [6.45, 7) is 4.47. The van der Waals surface area contributed by atoms with Gasteiger partial charge in [0.05, 0.1) is 12.0 Å². The number of hydrogen-bond donors (Lipinski definition) is 1. The van der Waals surface area contributed by atoms with Crippen molar-refractivity contribution in [2.45, 2.75) is 31.7 Å². The number of para-hydroxylation sites is 1. The Morgan fingerprint density at radius 1 is 1.04 bits per heavy atom. The lowest BCUT2D eigenvalue weighted by Crippen LogP contribution is -2.23. The number of methoxy groups -OCH3 is 1. The van der Waals surface area contributed by atoms with Crippen LogP contribution in [0.4, 0.5) is 0 Å². The second kappa shape index (κ2) is 7.62. The Morgan fingerprint density at radius 2 is 1.70 bits per heavy atom. The highest BCUT2D eigenvalue weighted by Gasteiger charge is 2.14. The van der Waals surface area contributed by atoms with Crippen LogP contribution in [0.25, 0.3) is 0 Å². The molecule has 0 saturated heterocycles. The normalized spacial score (nSPS) is 11.7. The summed E-state index contributed by atoms with van der Waals surface area (Å²) in [5.74, 6) is 1.21. The minimum Gasteiger partial charge on any atom is -0.496 e. The molecule has 0 spiro atoms. The van der Waals surface area contributed by atoms with Crippen LogP contribution in [0, 0.1) is 5.92 Å². The smallest absolute Gasteiger partial charge is 0.240 e. The summed E-state index contributed by atoms with van der Waals surface area (Å²) in [4.78, 5) is 0.278.